The zero-order valence-corrected chi connectivity index (χ0v) is 10.9. The van der Waals surface area contributed by atoms with Gasteiger partial charge in [0, 0.05) is 5.56 Å². The summed E-state index contributed by atoms with van der Waals surface area (Å²) in [6.45, 7) is 7.98. The van der Waals surface area contributed by atoms with E-state index in [4.69, 9.17) is 5.11 Å². The summed E-state index contributed by atoms with van der Waals surface area (Å²) in [7, 11) is 0. The molecule has 1 rings (SSSR count). The molecule has 0 bridgehead atoms. The number of Topliss-reactive ketones (excluding diaryl/α,β-unsaturated/α-hetero) is 1. The van der Waals surface area contributed by atoms with E-state index in [1.165, 1.54) is 13.8 Å². The summed E-state index contributed by atoms with van der Waals surface area (Å²) in [6.07, 6.45) is 0. The minimum absolute atomic E-state index is 0.0191. The fourth-order valence-corrected chi connectivity index (χ4v) is 0.836. The number of allylic oxidation sites excluding steroid dienone is 1. The van der Waals surface area contributed by atoms with E-state index in [0.29, 0.717) is 11.1 Å². The molecule has 4 nitrogen and oxygen atoms in total. The lowest BCUT2D eigenvalue weighted by molar-refractivity contribution is -0.132. The lowest BCUT2D eigenvalue weighted by atomic mass is 10.1. The van der Waals surface area contributed by atoms with Crippen LogP contribution in [0.5, 0.6) is 0 Å². The molecule has 0 radical (unpaired) electrons. The van der Waals surface area contributed by atoms with Crippen molar-refractivity contribution in [1.82, 2.24) is 0 Å². The Bertz CT molecular complexity index is 430. The Morgan fingerprint density at radius 1 is 1.22 bits per heavy atom. The summed E-state index contributed by atoms with van der Waals surface area (Å²) in [5, 5.41) is 8.62. The normalized spacial score (nSPS) is 10.0. The van der Waals surface area contributed by atoms with E-state index in [2.05, 4.69) is 12.3 Å². The van der Waals surface area contributed by atoms with Crippen LogP contribution in [-0.2, 0) is 4.79 Å². The van der Waals surface area contributed by atoms with E-state index in [9.17, 15) is 9.59 Å². The molecule has 0 atom stereocenters. The molecule has 0 aromatic heterocycles. The maximum atomic E-state index is 11.2. The largest absolute Gasteiger partial charge is 0.381 e. The third-order valence-electron chi connectivity index (χ3n) is 2.03. The maximum absolute atomic E-state index is 11.2. The second kappa shape index (κ2) is 6.71. The molecule has 0 spiro atoms. The smallest absolute Gasteiger partial charge is 0.248 e. The van der Waals surface area contributed by atoms with Gasteiger partial charge in [-0.15, -0.1) is 0 Å². The summed E-state index contributed by atoms with van der Waals surface area (Å²) in [5.74, 6) is -0.682. The lowest BCUT2D eigenvalue weighted by Crippen LogP contribution is -2.37. The molecule has 0 aliphatic carbocycles. The fraction of sp³-hybridized carbons (Fsp3) is 0.286. The Balaban J connectivity index is 0.000000360. The average molecular weight is 249 g/mol. The number of hydrogen-bond donors (Lipinski definition) is 2. The van der Waals surface area contributed by atoms with Crippen LogP contribution in [0.2, 0.25) is 0 Å². The van der Waals surface area contributed by atoms with Gasteiger partial charge in [-0.3, -0.25) is 9.59 Å². The molecule has 98 valence electrons. The Kier molecular flexibility index (Phi) is 5.99. The fourth-order valence-electron chi connectivity index (χ4n) is 0.836. The van der Waals surface area contributed by atoms with Crippen LogP contribution in [0.25, 0.3) is 0 Å². The molecule has 1 aromatic carbocycles. The van der Waals surface area contributed by atoms with Crippen LogP contribution in [0.3, 0.4) is 0 Å². The predicted octanol–water partition coefficient (Wildman–Crippen LogP) is 1.69. The molecule has 1 aromatic rings. The average Bonchev–Trinajstić information content (AvgIpc) is 2.28. The highest BCUT2D eigenvalue weighted by Gasteiger charge is 2.18. The molecule has 18 heavy (non-hydrogen) atoms. The Hall–Kier alpha value is -1.94. The Labute approximate surface area is 107 Å². The first-order valence-corrected chi connectivity index (χ1v) is 5.43. The Morgan fingerprint density at radius 3 is 1.89 bits per heavy atom. The summed E-state index contributed by atoms with van der Waals surface area (Å²) in [5.41, 5.74) is 4.61. The highest BCUT2D eigenvalue weighted by atomic mass is 16.3. The monoisotopic (exact) mass is 249 g/mol. The lowest BCUT2D eigenvalue weighted by Gasteiger charge is -2.09. The van der Waals surface area contributed by atoms with E-state index in [1.807, 2.05) is 18.2 Å². The first-order chi connectivity index (χ1) is 8.16. The molecule has 0 aliphatic heterocycles. The van der Waals surface area contributed by atoms with E-state index in [0.717, 1.165) is 0 Å². The summed E-state index contributed by atoms with van der Waals surface area (Å²) in [6, 6.07) is 9.15. The number of nitrogens with two attached hydrogens (primary N) is 1. The molecule has 0 unspecified atom stereocenters. The van der Waals surface area contributed by atoms with Gasteiger partial charge in [0.2, 0.25) is 5.91 Å². The van der Waals surface area contributed by atoms with Gasteiger partial charge in [-0.1, -0.05) is 36.9 Å². The van der Waals surface area contributed by atoms with E-state index >= 15 is 0 Å². The van der Waals surface area contributed by atoms with Crippen LogP contribution in [0.4, 0.5) is 0 Å². The number of benzene rings is 1. The summed E-state index contributed by atoms with van der Waals surface area (Å²) in [4.78, 5) is 21.2. The van der Waals surface area contributed by atoms with Gasteiger partial charge in [0.1, 0.15) is 5.60 Å². The van der Waals surface area contributed by atoms with Crippen molar-refractivity contribution in [1.29, 1.82) is 0 Å². The van der Waals surface area contributed by atoms with Gasteiger partial charge in [-0.2, -0.15) is 0 Å². The first-order valence-electron chi connectivity index (χ1n) is 5.43. The molecule has 0 heterocycles. The third kappa shape index (κ3) is 5.96. The predicted molar refractivity (Wildman–Crippen MR) is 71.1 cm³/mol. The van der Waals surface area contributed by atoms with Gasteiger partial charge < -0.3 is 10.8 Å². The molecule has 0 saturated heterocycles. The third-order valence-corrected chi connectivity index (χ3v) is 2.03. The summed E-state index contributed by atoms with van der Waals surface area (Å²) >= 11 is 0. The van der Waals surface area contributed by atoms with Gasteiger partial charge in [-0.25, -0.2) is 0 Å². The second-order valence-corrected chi connectivity index (χ2v) is 4.40. The number of aliphatic hydroxyl groups is 1. The molecular weight excluding hydrogens is 230 g/mol. The molecular formula is C14H19NO3. The minimum atomic E-state index is -1.36. The van der Waals surface area contributed by atoms with Crippen LogP contribution in [0, 0.1) is 0 Å². The van der Waals surface area contributed by atoms with Crippen molar-refractivity contribution < 1.29 is 14.7 Å². The van der Waals surface area contributed by atoms with Gasteiger partial charge >= 0.3 is 0 Å². The number of rotatable bonds is 3. The molecule has 4 heteroatoms. The van der Waals surface area contributed by atoms with Crippen molar-refractivity contribution >= 4 is 11.7 Å². The quantitative estimate of drug-likeness (QED) is 0.632. The van der Waals surface area contributed by atoms with Gasteiger partial charge in [0.05, 0.1) is 0 Å². The van der Waals surface area contributed by atoms with Crippen LogP contribution < -0.4 is 5.73 Å². The van der Waals surface area contributed by atoms with Crippen molar-refractivity contribution in [2.75, 3.05) is 0 Å². The van der Waals surface area contributed by atoms with Gasteiger partial charge in [0.25, 0.3) is 0 Å². The number of carbonyl (C=O) groups is 2. The van der Waals surface area contributed by atoms with Crippen molar-refractivity contribution in [2.24, 2.45) is 5.73 Å². The van der Waals surface area contributed by atoms with Crippen LogP contribution >= 0.6 is 0 Å². The molecule has 0 saturated carbocycles. The minimum Gasteiger partial charge on any atom is -0.381 e. The first kappa shape index (κ1) is 16.1. The van der Waals surface area contributed by atoms with Crippen molar-refractivity contribution in [3.05, 3.63) is 48.0 Å². The number of ketones is 1. The molecule has 3 N–H and O–H groups in total. The maximum Gasteiger partial charge on any atom is 0.248 e. The molecule has 0 fully saturated rings. The SMILES string of the molecule is C=C(C)C(=O)c1ccccc1.CC(C)(O)C(N)=O. The number of hydrogen-bond acceptors (Lipinski definition) is 3. The van der Waals surface area contributed by atoms with Crippen molar-refractivity contribution in [3.8, 4) is 0 Å². The van der Waals surface area contributed by atoms with Crippen molar-refractivity contribution in [2.45, 2.75) is 26.4 Å². The zero-order chi connectivity index (χ0) is 14.3. The standard InChI is InChI=1S/C10H10O.C4H9NO2/c1-8(2)10(11)9-6-4-3-5-7-9;1-4(2,7)3(5)6/h3-7H,1H2,2H3;7H,1-2H3,(H2,5,6). The highest BCUT2D eigenvalue weighted by Crippen LogP contribution is 2.04. The van der Waals surface area contributed by atoms with Crippen LogP contribution in [0.15, 0.2) is 42.5 Å². The van der Waals surface area contributed by atoms with Gasteiger partial charge in [0.15, 0.2) is 5.78 Å². The summed E-state index contributed by atoms with van der Waals surface area (Å²) < 4.78 is 0. The molecule has 0 aliphatic rings. The number of carbonyl (C=O) groups excluding carboxylic acids is 2. The highest BCUT2D eigenvalue weighted by molar-refractivity contribution is 6.07. The number of amides is 1. The topological polar surface area (TPSA) is 80.4 Å². The van der Waals surface area contributed by atoms with Crippen LogP contribution in [-0.4, -0.2) is 22.4 Å². The van der Waals surface area contributed by atoms with Gasteiger partial charge in [-0.05, 0) is 26.3 Å². The zero-order valence-electron chi connectivity index (χ0n) is 10.9. The second-order valence-electron chi connectivity index (χ2n) is 4.40. The van der Waals surface area contributed by atoms with E-state index in [-0.39, 0.29) is 5.78 Å². The Morgan fingerprint density at radius 2 is 1.61 bits per heavy atom. The van der Waals surface area contributed by atoms with Crippen LogP contribution in [0.1, 0.15) is 31.1 Å². The van der Waals surface area contributed by atoms with E-state index in [1.54, 1.807) is 19.1 Å². The van der Waals surface area contributed by atoms with E-state index < -0.39 is 11.5 Å². The van der Waals surface area contributed by atoms with Crippen molar-refractivity contribution in [3.63, 3.8) is 0 Å². The molecule has 1 amide bonds. The number of primary amides is 1.